The van der Waals surface area contributed by atoms with Crippen molar-refractivity contribution in [1.29, 1.82) is 0 Å². The number of hydrogen-bond acceptors (Lipinski definition) is 3. The van der Waals surface area contributed by atoms with E-state index in [9.17, 15) is 9.59 Å². The van der Waals surface area contributed by atoms with Crippen molar-refractivity contribution in [3.8, 4) is 0 Å². The van der Waals surface area contributed by atoms with Crippen LogP contribution in [0, 0.1) is 5.92 Å². The summed E-state index contributed by atoms with van der Waals surface area (Å²) in [4.78, 5) is 22.6. The van der Waals surface area contributed by atoms with Crippen molar-refractivity contribution in [2.75, 3.05) is 5.32 Å². The summed E-state index contributed by atoms with van der Waals surface area (Å²) in [5.74, 6) is -0.907. The van der Waals surface area contributed by atoms with Crippen LogP contribution in [-0.2, 0) is 9.59 Å². The van der Waals surface area contributed by atoms with Crippen LogP contribution in [0.25, 0.3) is 6.08 Å². The minimum atomic E-state index is -0.983. The van der Waals surface area contributed by atoms with Crippen LogP contribution in [0.1, 0.15) is 31.2 Å². The van der Waals surface area contributed by atoms with E-state index in [0.717, 1.165) is 43.0 Å². The van der Waals surface area contributed by atoms with Crippen LogP contribution in [0.2, 0.25) is 0 Å². The molecule has 4 N–H and O–H groups in total. The summed E-state index contributed by atoms with van der Waals surface area (Å²) in [6.07, 6.45) is 6.07. The molecule has 0 heterocycles. The van der Waals surface area contributed by atoms with Gasteiger partial charge in [0.15, 0.2) is 0 Å². The summed E-state index contributed by atoms with van der Waals surface area (Å²) in [6.45, 7) is 0. The first kappa shape index (κ1) is 15.3. The Labute approximate surface area is 123 Å². The van der Waals surface area contributed by atoms with Crippen molar-refractivity contribution < 1.29 is 14.7 Å². The molecule has 112 valence electrons. The van der Waals surface area contributed by atoms with E-state index >= 15 is 0 Å². The minimum absolute atomic E-state index is 0.0377. The van der Waals surface area contributed by atoms with Gasteiger partial charge in [0.05, 0.1) is 0 Å². The Morgan fingerprint density at radius 1 is 1.14 bits per heavy atom. The molecule has 1 saturated carbocycles. The lowest BCUT2D eigenvalue weighted by Gasteiger charge is -2.25. The van der Waals surface area contributed by atoms with Gasteiger partial charge in [0.25, 0.3) is 0 Å². The molecule has 1 aromatic carbocycles. The number of anilines is 1. The third kappa shape index (κ3) is 4.72. The highest BCUT2D eigenvalue weighted by Crippen LogP contribution is 2.24. The maximum Gasteiger partial charge on any atom is 0.328 e. The van der Waals surface area contributed by atoms with E-state index in [4.69, 9.17) is 10.8 Å². The smallest absolute Gasteiger partial charge is 0.328 e. The molecular weight excluding hydrogens is 268 g/mol. The van der Waals surface area contributed by atoms with E-state index < -0.39 is 5.97 Å². The fourth-order valence-electron chi connectivity index (χ4n) is 2.47. The molecule has 5 nitrogen and oxygen atoms in total. The first-order chi connectivity index (χ1) is 10.0. The fraction of sp³-hybridized carbons (Fsp3) is 0.375. The summed E-state index contributed by atoms with van der Waals surface area (Å²) in [5.41, 5.74) is 7.34. The summed E-state index contributed by atoms with van der Waals surface area (Å²) >= 11 is 0. The van der Waals surface area contributed by atoms with Gasteiger partial charge in [-0.25, -0.2) is 4.79 Å². The number of carbonyl (C=O) groups excluding carboxylic acids is 1. The molecule has 1 fully saturated rings. The van der Waals surface area contributed by atoms with Crippen molar-refractivity contribution >= 4 is 23.6 Å². The maximum absolute atomic E-state index is 12.1. The molecule has 0 aliphatic heterocycles. The van der Waals surface area contributed by atoms with Crippen molar-refractivity contribution in [3.63, 3.8) is 0 Å². The molecule has 1 amide bonds. The molecule has 0 unspecified atom stereocenters. The summed E-state index contributed by atoms with van der Waals surface area (Å²) in [7, 11) is 0. The molecule has 0 radical (unpaired) electrons. The molecule has 1 aliphatic carbocycles. The second-order valence-corrected chi connectivity index (χ2v) is 5.39. The van der Waals surface area contributed by atoms with E-state index in [1.807, 2.05) is 0 Å². The number of nitrogens with one attached hydrogen (secondary N) is 1. The Morgan fingerprint density at radius 3 is 2.33 bits per heavy atom. The van der Waals surface area contributed by atoms with Crippen LogP contribution in [0.5, 0.6) is 0 Å². The summed E-state index contributed by atoms with van der Waals surface area (Å²) < 4.78 is 0. The Kier molecular flexibility index (Phi) is 5.11. The zero-order valence-electron chi connectivity index (χ0n) is 11.8. The van der Waals surface area contributed by atoms with Gasteiger partial charge in [0.1, 0.15) is 0 Å². The lowest BCUT2D eigenvalue weighted by molar-refractivity contribution is -0.131. The minimum Gasteiger partial charge on any atom is -0.478 e. The number of carboxylic acid groups (broad SMARTS) is 1. The van der Waals surface area contributed by atoms with Gasteiger partial charge in [-0.15, -0.1) is 0 Å². The number of hydrogen-bond donors (Lipinski definition) is 3. The molecule has 0 atom stereocenters. The zero-order chi connectivity index (χ0) is 15.2. The average molecular weight is 288 g/mol. The average Bonchev–Trinajstić information content (AvgIpc) is 2.47. The monoisotopic (exact) mass is 288 g/mol. The standard InChI is InChI=1S/C16H20N2O3/c17-13-6-4-12(5-7-13)16(21)18-14-8-1-11(2-9-14)3-10-15(19)20/h1-3,8-10,12-13H,4-7,17H2,(H,18,21)(H,19,20)/b10-3+. The molecule has 21 heavy (non-hydrogen) atoms. The van der Waals surface area contributed by atoms with Crippen LogP contribution >= 0.6 is 0 Å². The molecule has 2 rings (SSSR count). The van der Waals surface area contributed by atoms with Crippen LogP contribution in [0.15, 0.2) is 30.3 Å². The lowest BCUT2D eigenvalue weighted by Crippen LogP contribution is -2.32. The SMILES string of the molecule is NC1CCC(C(=O)Nc2ccc(/C=C/C(=O)O)cc2)CC1. The number of carboxylic acids is 1. The molecule has 1 aliphatic rings. The number of nitrogens with two attached hydrogens (primary N) is 1. The Morgan fingerprint density at radius 2 is 1.76 bits per heavy atom. The molecule has 5 heteroatoms. The largest absolute Gasteiger partial charge is 0.478 e. The number of benzene rings is 1. The van der Waals surface area contributed by atoms with Crippen molar-refractivity contribution in [3.05, 3.63) is 35.9 Å². The van der Waals surface area contributed by atoms with E-state index in [1.165, 1.54) is 6.08 Å². The third-order valence-electron chi connectivity index (χ3n) is 3.74. The van der Waals surface area contributed by atoms with Gasteiger partial charge in [0.2, 0.25) is 5.91 Å². The Balaban J connectivity index is 1.91. The van der Waals surface area contributed by atoms with E-state index in [0.29, 0.717) is 0 Å². The van der Waals surface area contributed by atoms with Gasteiger partial charge >= 0.3 is 5.97 Å². The highest BCUT2D eigenvalue weighted by Gasteiger charge is 2.24. The highest BCUT2D eigenvalue weighted by molar-refractivity contribution is 5.92. The molecular formula is C16H20N2O3. The molecule has 0 saturated heterocycles. The Hall–Kier alpha value is -2.14. The Bertz CT molecular complexity index is 529. The number of carbonyl (C=O) groups is 2. The second kappa shape index (κ2) is 7.04. The maximum atomic E-state index is 12.1. The number of aliphatic carboxylic acids is 1. The van der Waals surface area contributed by atoms with E-state index in [2.05, 4.69) is 5.32 Å². The van der Waals surface area contributed by atoms with E-state index in [-0.39, 0.29) is 17.9 Å². The number of rotatable bonds is 4. The molecule has 0 bridgehead atoms. The topological polar surface area (TPSA) is 92.4 Å². The van der Waals surface area contributed by atoms with Crippen molar-refractivity contribution in [1.82, 2.24) is 0 Å². The zero-order valence-corrected chi connectivity index (χ0v) is 11.8. The second-order valence-electron chi connectivity index (χ2n) is 5.39. The molecule has 0 spiro atoms. The fourth-order valence-corrected chi connectivity index (χ4v) is 2.47. The predicted octanol–water partition coefficient (Wildman–Crippen LogP) is 2.24. The third-order valence-corrected chi connectivity index (χ3v) is 3.74. The van der Waals surface area contributed by atoms with Crippen molar-refractivity contribution in [2.24, 2.45) is 11.7 Å². The predicted molar refractivity (Wildman–Crippen MR) is 81.7 cm³/mol. The normalized spacial score (nSPS) is 22.1. The van der Waals surface area contributed by atoms with Crippen LogP contribution in [0.4, 0.5) is 5.69 Å². The highest BCUT2D eigenvalue weighted by atomic mass is 16.4. The van der Waals surface area contributed by atoms with E-state index in [1.54, 1.807) is 24.3 Å². The molecule has 0 aromatic heterocycles. The van der Waals surface area contributed by atoms with Gasteiger partial charge in [0, 0.05) is 23.7 Å². The number of amides is 1. The summed E-state index contributed by atoms with van der Waals surface area (Å²) in [6, 6.07) is 7.31. The molecule has 1 aromatic rings. The van der Waals surface area contributed by atoms with Gasteiger partial charge in [-0.2, -0.15) is 0 Å². The van der Waals surface area contributed by atoms with Gasteiger partial charge in [-0.3, -0.25) is 4.79 Å². The lowest BCUT2D eigenvalue weighted by atomic mass is 9.86. The quantitative estimate of drug-likeness (QED) is 0.741. The van der Waals surface area contributed by atoms with Gasteiger partial charge < -0.3 is 16.2 Å². The van der Waals surface area contributed by atoms with Crippen molar-refractivity contribution in [2.45, 2.75) is 31.7 Å². The van der Waals surface area contributed by atoms with Crippen LogP contribution in [-0.4, -0.2) is 23.0 Å². The summed E-state index contributed by atoms with van der Waals surface area (Å²) in [5, 5.41) is 11.5. The van der Waals surface area contributed by atoms with Gasteiger partial charge in [-0.1, -0.05) is 12.1 Å². The van der Waals surface area contributed by atoms with Crippen LogP contribution in [0.3, 0.4) is 0 Å². The first-order valence-electron chi connectivity index (χ1n) is 7.12. The van der Waals surface area contributed by atoms with Crippen LogP contribution < -0.4 is 11.1 Å². The first-order valence-corrected chi connectivity index (χ1v) is 7.12. The van der Waals surface area contributed by atoms with Gasteiger partial charge in [-0.05, 0) is 49.5 Å².